The molecule has 0 amide bonds. The van der Waals surface area contributed by atoms with E-state index in [2.05, 4.69) is 16.8 Å². The average Bonchev–Trinajstić information content (AvgIpc) is 2.83. The van der Waals surface area contributed by atoms with E-state index in [9.17, 15) is 9.59 Å². The maximum atomic E-state index is 13.0. The first kappa shape index (κ1) is 17.1. The molecule has 1 saturated carbocycles. The summed E-state index contributed by atoms with van der Waals surface area (Å²) in [6.45, 7) is 5.71. The van der Waals surface area contributed by atoms with Crippen LogP contribution in [0, 0.1) is 31.6 Å². The summed E-state index contributed by atoms with van der Waals surface area (Å²) in [7, 11) is 0. The second-order valence-corrected chi connectivity index (χ2v) is 6.67. The van der Waals surface area contributed by atoms with Gasteiger partial charge in [0.1, 0.15) is 11.7 Å². The molecule has 0 radical (unpaired) electrons. The lowest BCUT2D eigenvalue weighted by atomic mass is 9.86. The number of carbonyl (C=O) groups is 2. The number of Topliss-reactive ketones (excluding diaryl/α,β-unsaturated/α-hetero) is 2. The van der Waals surface area contributed by atoms with Crippen LogP contribution in [0.3, 0.4) is 0 Å². The number of aromatic nitrogens is 1. The quantitative estimate of drug-likeness (QED) is 0.638. The molecule has 0 spiro atoms. The van der Waals surface area contributed by atoms with Gasteiger partial charge in [-0.1, -0.05) is 12.0 Å². The molecular weight excluding hydrogens is 310 g/mol. The van der Waals surface area contributed by atoms with Gasteiger partial charge < -0.3 is 0 Å². The number of aryl methyl sites for hydroxylation is 2. The molecule has 1 aliphatic carbocycles. The molecule has 2 atom stereocenters. The van der Waals surface area contributed by atoms with Crippen molar-refractivity contribution in [2.24, 2.45) is 5.92 Å². The summed E-state index contributed by atoms with van der Waals surface area (Å²) in [5.74, 6) is 5.11. The third-order valence-corrected chi connectivity index (χ3v) is 4.81. The van der Waals surface area contributed by atoms with E-state index in [-0.39, 0.29) is 17.5 Å². The second-order valence-electron chi connectivity index (χ2n) is 6.67. The Balaban J connectivity index is 1.91. The minimum atomic E-state index is -0.634. The number of ketones is 2. The number of hydrogen-bond acceptors (Lipinski definition) is 3. The molecule has 1 heterocycles. The fraction of sp³-hybridized carbons (Fsp3) is 0.318. The summed E-state index contributed by atoms with van der Waals surface area (Å²) in [6.07, 6.45) is 4.36. The number of pyridine rings is 1. The highest BCUT2D eigenvalue weighted by molar-refractivity contribution is 6.15. The Hall–Kier alpha value is -2.73. The minimum absolute atomic E-state index is 0.0272. The van der Waals surface area contributed by atoms with Crippen molar-refractivity contribution in [2.45, 2.75) is 39.5 Å². The van der Waals surface area contributed by atoms with Crippen molar-refractivity contribution >= 4 is 11.6 Å². The van der Waals surface area contributed by atoms with Crippen molar-refractivity contribution < 1.29 is 9.59 Å². The van der Waals surface area contributed by atoms with Gasteiger partial charge in [0.2, 0.25) is 0 Å². The zero-order valence-corrected chi connectivity index (χ0v) is 14.8. The molecule has 1 aliphatic rings. The SMILES string of the molecule is CC#Cc1cc(C)c(C2C(=O)CC(Cc3cccnc3)C2=O)c(C)c1. The van der Waals surface area contributed by atoms with Gasteiger partial charge in [0.25, 0.3) is 0 Å². The van der Waals surface area contributed by atoms with Gasteiger partial charge in [-0.3, -0.25) is 14.6 Å². The zero-order chi connectivity index (χ0) is 18.0. The third-order valence-electron chi connectivity index (χ3n) is 4.81. The molecule has 0 N–H and O–H groups in total. The first-order valence-electron chi connectivity index (χ1n) is 8.50. The molecule has 2 unspecified atom stereocenters. The first-order valence-corrected chi connectivity index (χ1v) is 8.50. The maximum Gasteiger partial charge on any atom is 0.151 e. The van der Waals surface area contributed by atoms with Crippen LogP contribution in [-0.4, -0.2) is 16.6 Å². The third kappa shape index (κ3) is 3.39. The van der Waals surface area contributed by atoms with E-state index in [0.717, 1.165) is 27.8 Å². The van der Waals surface area contributed by atoms with E-state index in [1.807, 2.05) is 38.1 Å². The van der Waals surface area contributed by atoms with E-state index >= 15 is 0 Å². The molecule has 3 nitrogen and oxygen atoms in total. The summed E-state index contributed by atoms with van der Waals surface area (Å²) in [4.78, 5) is 29.7. The van der Waals surface area contributed by atoms with Crippen LogP contribution in [0.4, 0.5) is 0 Å². The summed E-state index contributed by atoms with van der Waals surface area (Å²) < 4.78 is 0. The van der Waals surface area contributed by atoms with Crippen molar-refractivity contribution in [3.8, 4) is 11.8 Å². The Bertz CT molecular complexity index is 864. The van der Waals surface area contributed by atoms with Crippen LogP contribution < -0.4 is 0 Å². The monoisotopic (exact) mass is 331 g/mol. The number of rotatable bonds is 3. The smallest absolute Gasteiger partial charge is 0.151 e. The molecule has 1 fully saturated rings. The molecule has 0 bridgehead atoms. The van der Waals surface area contributed by atoms with E-state index in [1.54, 1.807) is 19.3 Å². The average molecular weight is 331 g/mol. The molecule has 2 aromatic rings. The number of carbonyl (C=O) groups excluding carboxylic acids is 2. The maximum absolute atomic E-state index is 13.0. The zero-order valence-electron chi connectivity index (χ0n) is 14.8. The highest BCUT2D eigenvalue weighted by Gasteiger charge is 2.43. The van der Waals surface area contributed by atoms with Crippen LogP contribution in [-0.2, 0) is 16.0 Å². The van der Waals surface area contributed by atoms with Crippen LogP contribution in [0.2, 0.25) is 0 Å². The molecule has 0 saturated heterocycles. The summed E-state index contributed by atoms with van der Waals surface area (Å²) in [6, 6.07) is 7.74. The van der Waals surface area contributed by atoms with Crippen LogP contribution in [0.25, 0.3) is 0 Å². The molecule has 126 valence electrons. The largest absolute Gasteiger partial charge is 0.298 e. The van der Waals surface area contributed by atoms with Gasteiger partial charge in [0, 0.05) is 30.3 Å². The van der Waals surface area contributed by atoms with Gasteiger partial charge in [-0.2, -0.15) is 0 Å². The lowest BCUT2D eigenvalue weighted by molar-refractivity contribution is -0.124. The Labute approximate surface area is 148 Å². The summed E-state index contributed by atoms with van der Waals surface area (Å²) >= 11 is 0. The van der Waals surface area contributed by atoms with Crippen LogP contribution in [0.1, 0.15) is 47.1 Å². The lowest BCUT2D eigenvalue weighted by Crippen LogP contribution is -2.18. The molecule has 25 heavy (non-hydrogen) atoms. The van der Waals surface area contributed by atoms with Crippen molar-refractivity contribution in [1.82, 2.24) is 4.98 Å². The van der Waals surface area contributed by atoms with Crippen LogP contribution >= 0.6 is 0 Å². The van der Waals surface area contributed by atoms with Gasteiger partial charge in [-0.05, 0) is 67.6 Å². The molecular formula is C22H21NO2. The van der Waals surface area contributed by atoms with Crippen molar-refractivity contribution in [2.75, 3.05) is 0 Å². The van der Waals surface area contributed by atoms with E-state index in [0.29, 0.717) is 12.8 Å². The topological polar surface area (TPSA) is 47.0 Å². The molecule has 0 aliphatic heterocycles. The highest BCUT2D eigenvalue weighted by atomic mass is 16.2. The molecule has 1 aromatic heterocycles. The lowest BCUT2D eigenvalue weighted by Gasteiger charge is -2.16. The predicted octanol–water partition coefficient (Wildman–Crippen LogP) is 3.55. The predicted molar refractivity (Wildman–Crippen MR) is 97.3 cm³/mol. The molecule has 1 aromatic carbocycles. The Morgan fingerprint density at radius 2 is 1.92 bits per heavy atom. The van der Waals surface area contributed by atoms with Gasteiger partial charge >= 0.3 is 0 Å². The number of nitrogens with zero attached hydrogens (tertiary/aromatic N) is 1. The number of benzene rings is 1. The van der Waals surface area contributed by atoms with Crippen molar-refractivity contribution in [1.29, 1.82) is 0 Å². The first-order chi connectivity index (χ1) is 12.0. The van der Waals surface area contributed by atoms with Crippen molar-refractivity contribution in [3.63, 3.8) is 0 Å². The standard InChI is InChI=1S/C22H21NO2/c1-4-6-16-9-14(2)20(15(3)10-16)21-19(24)12-18(22(21)25)11-17-7-5-8-23-13-17/h5,7-10,13,18,21H,11-12H2,1-3H3. The number of hydrogen-bond donors (Lipinski definition) is 0. The van der Waals surface area contributed by atoms with E-state index < -0.39 is 5.92 Å². The second kappa shape index (κ2) is 7.03. The van der Waals surface area contributed by atoms with Crippen LogP contribution in [0.5, 0.6) is 0 Å². The Kier molecular flexibility index (Phi) is 4.81. The van der Waals surface area contributed by atoms with Gasteiger partial charge in [0.05, 0.1) is 0 Å². The van der Waals surface area contributed by atoms with Crippen molar-refractivity contribution in [3.05, 3.63) is 64.5 Å². The van der Waals surface area contributed by atoms with Crippen LogP contribution in [0.15, 0.2) is 36.7 Å². The molecule has 3 rings (SSSR count). The fourth-order valence-corrected chi connectivity index (χ4v) is 3.78. The Morgan fingerprint density at radius 3 is 2.52 bits per heavy atom. The summed E-state index contributed by atoms with van der Waals surface area (Å²) in [5.41, 5.74) is 4.71. The normalized spacial score (nSPS) is 19.6. The van der Waals surface area contributed by atoms with E-state index in [4.69, 9.17) is 0 Å². The summed E-state index contributed by atoms with van der Waals surface area (Å²) in [5, 5.41) is 0. The van der Waals surface area contributed by atoms with E-state index in [1.165, 1.54) is 0 Å². The highest BCUT2D eigenvalue weighted by Crippen LogP contribution is 2.37. The van der Waals surface area contributed by atoms with Gasteiger partial charge in [0.15, 0.2) is 5.78 Å². The van der Waals surface area contributed by atoms with Gasteiger partial charge in [-0.15, -0.1) is 5.92 Å². The fourth-order valence-electron chi connectivity index (χ4n) is 3.78. The Morgan fingerprint density at radius 1 is 1.20 bits per heavy atom. The van der Waals surface area contributed by atoms with Gasteiger partial charge in [-0.25, -0.2) is 0 Å². The molecule has 3 heteroatoms. The minimum Gasteiger partial charge on any atom is -0.298 e.